The third-order valence-corrected chi connectivity index (χ3v) is 8.18. The SMILES string of the molecule is COc1cnc2cccc(C(O)CN3CCC(CCCSc4cccs4)CC3)c2c1. The van der Waals surface area contributed by atoms with Crippen molar-refractivity contribution in [2.45, 2.75) is 36.0 Å². The summed E-state index contributed by atoms with van der Waals surface area (Å²) in [6.07, 6.45) is 6.30. The Morgan fingerprint density at radius 2 is 2.13 bits per heavy atom. The second-order valence-corrected chi connectivity index (χ2v) is 10.3. The molecule has 3 heterocycles. The van der Waals surface area contributed by atoms with Crippen LogP contribution in [0.2, 0.25) is 0 Å². The van der Waals surface area contributed by atoms with Crippen LogP contribution in [0.25, 0.3) is 10.9 Å². The van der Waals surface area contributed by atoms with Crippen LogP contribution in [0.1, 0.15) is 37.4 Å². The minimum Gasteiger partial charge on any atom is -0.495 e. The van der Waals surface area contributed by atoms with Gasteiger partial charge in [-0.2, -0.15) is 0 Å². The molecule has 1 aliphatic rings. The van der Waals surface area contributed by atoms with Gasteiger partial charge in [0.2, 0.25) is 0 Å². The molecular weight excluding hydrogens is 412 g/mol. The van der Waals surface area contributed by atoms with Gasteiger partial charge in [-0.3, -0.25) is 4.98 Å². The lowest BCUT2D eigenvalue weighted by Gasteiger charge is -2.33. The van der Waals surface area contributed by atoms with Gasteiger partial charge >= 0.3 is 0 Å². The largest absolute Gasteiger partial charge is 0.495 e. The predicted octanol–water partition coefficient (Wildman–Crippen LogP) is 5.62. The molecule has 0 spiro atoms. The van der Waals surface area contributed by atoms with Gasteiger partial charge in [0.15, 0.2) is 0 Å². The molecule has 1 N–H and O–H groups in total. The Morgan fingerprint density at radius 3 is 2.90 bits per heavy atom. The quantitative estimate of drug-likeness (QED) is 0.344. The number of fused-ring (bicyclic) bond motifs is 1. The Kier molecular flexibility index (Phi) is 7.66. The minimum atomic E-state index is -0.513. The van der Waals surface area contributed by atoms with Crippen LogP contribution in [0.3, 0.4) is 0 Å². The van der Waals surface area contributed by atoms with E-state index in [1.54, 1.807) is 13.3 Å². The Morgan fingerprint density at radius 1 is 1.27 bits per heavy atom. The molecular formula is C24H30N2O2S2. The second-order valence-electron chi connectivity index (χ2n) is 7.97. The zero-order chi connectivity index (χ0) is 20.8. The number of pyridine rings is 1. The molecule has 1 atom stereocenters. The monoisotopic (exact) mass is 442 g/mol. The van der Waals surface area contributed by atoms with E-state index >= 15 is 0 Å². The highest BCUT2D eigenvalue weighted by molar-refractivity contribution is 8.01. The molecule has 6 heteroatoms. The van der Waals surface area contributed by atoms with Crippen LogP contribution < -0.4 is 4.74 Å². The van der Waals surface area contributed by atoms with E-state index in [1.807, 2.05) is 47.4 Å². The summed E-state index contributed by atoms with van der Waals surface area (Å²) in [5.74, 6) is 2.77. The first-order valence-electron chi connectivity index (χ1n) is 10.7. The summed E-state index contributed by atoms with van der Waals surface area (Å²) in [7, 11) is 1.65. The number of piperidine rings is 1. The van der Waals surface area contributed by atoms with Gasteiger partial charge in [-0.05, 0) is 79.6 Å². The summed E-state index contributed by atoms with van der Waals surface area (Å²) < 4.78 is 6.76. The van der Waals surface area contributed by atoms with Crippen molar-refractivity contribution in [3.63, 3.8) is 0 Å². The zero-order valence-corrected chi connectivity index (χ0v) is 19.1. The number of hydrogen-bond acceptors (Lipinski definition) is 6. The maximum Gasteiger partial charge on any atom is 0.137 e. The van der Waals surface area contributed by atoms with Crippen LogP contribution >= 0.6 is 23.1 Å². The van der Waals surface area contributed by atoms with Crippen molar-refractivity contribution in [2.24, 2.45) is 5.92 Å². The molecule has 160 valence electrons. The van der Waals surface area contributed by atoms with E-state index in [0.717, 1.165) is 41.2 Å². The fraction of sp³-hybridized carbons (Fsp3) is 0.458. The van der Waals surface area contributed by atoms with E-state index < -0.39 is 6.10 Å². The molecule has 0 bridgehead atoms. The van der Waals surface area contributed by atoms with E-state index in [1.165, 1.54) is 35.6 Å². The fourth-order valence-electron chi connectivity index (χ4n) is 4.25. The van der Waals surface area contributed by atoms with Gasteiger partial charge in [0.1, 0.15) is 5.75 Å². The molecule has 0 radical (unpaired) electrons. The van der Waals surface area contributed by atoms with Crippen molar-refractivity contribution in [3.8, 4) is 5.75 Å². The van der Waals surface area contributed by atoms with Gasteiger partial charge in [-0.1, -0.05) is 18.2 Å². The summed E-state index contributed by atoms with van der Waals surface area (Å²) in [5, 5.41) is 14.1. The molecule has 1 saturated heterocycles. The Labute approximate surface area is 187 Å². The number of thioether (sulfide) groups is 1. The molecule has 4 nitrogen and oxygen atoms in total. The van der Waals surface area contributed by atoms with Crippen molar-refractivity contribution in [1.82, 2.24) is 9.88 Å². The highest BCUT2D eigenvalue weighted by Crippen LogP contribution is 2.30. The number of β-amino-alcohol motifs (C(OH)–C–C–N with tert-alkyl or cyclic N) is 1. The molecule has 2 aromatic heterocycles. The Bertz CT molecular complexity index is 924. The lowest BCUT2D eigenvalue weighted by molar-refractivity contribution is 0.0888. The molecule has 1 fully saturated rings. The topological polar surface area (TPSA) is 45.6 Å². The highest BCUT2D eigenvalue weighted by atomic mass is 32.2. The first-order chi connectivity index (χ1) is 14.7. The number of thiophene rings is 1. The lowest BCUT2D eigenvalue weighted by Crippen LogP contribution is -2.36. The van der Waals surface area contributed by atoms with E-state index in [4.69, 9.17) is 4.74 Å². The first-order valence-corrected chi connectivity index (χ1v) is 12.6. The first kappa shape index (κ1) is 21.6. The van der Waals surface area contributed by atoms with E-state index in [2.05, 4.69) is 27.4 Å². The molecule has 30 heavy (non-hydrogen) atoms. The number of aromatic nitrogens is 1. The summed E-state index contributed by atoms with van der Waals surface area (Å²) in [5.41, 5.74) is 1.83. The van der Waals surface area contributed by atoms with Gasteiger partial charge in [-0.15, -0.1) is 23.1 Å². The van der Waals surface area contributed by atoms with Crippen LogP contribution in [0.5, 0.6) is 5.75 Å². The average molecular weight is 443 g/mol. The Balaban J connectivity index is 1.25. The van der Waals surface area contributed by atoms with Crippen molar-refractivity contribution in [1.29, 1.82) is 0 Å². The van der Waals surface area contributed by atoms with Crippen molar-refractivity contribution in [3.05, 3.63) is 53.5 Å². The number of methoxy groups -OCH3 is 1. The highest BCUT2D eigenvalue weighted by Gasteiger charge is 2.22. The van der Waals surface area contributed by atoms with Gasteiger partial charge in [0.25, 0.3) is 0 Å². The zero-order valence-electron chi connectivity index (χ0n) is 17.5. The number of rotatable bonds is 9. The van der Waals surface area contributed by atoms with E-state index in [-0.39, 0.29) is 0 Å². The Hall–Kier alpha value is -1.60. The number of ether oxygens (including phenoxy) is 1. The lowest BCUT2D eigenvalue weighted by atomic mass is 9.92. The smallest absolute Gasteiger partial charge is 0.137 e. The third-order valence-electron chi connectivity index (χ3n) is 5.96. The predicted molar refractivity (Wildman–Crippen MR) is 127 cm³/mol. The molecule has 0 aliphatic carbocycles. The number of aliphatic hydroxyl groups excluding tert-OH is 1. The normalized spacial score (nSPS) is 16.7. The van der Waals surface area contributed by atoms with Crippen LogP contribution in [0.15, 0.2) is 52.2 Å². The average Bonchev–Trinajstić information content (AvgIpc) is 3.30. The second kappa shape index (κ2) is 10.6. The molecule has 1 aromatic carbocycles. The number of nitrogens with zero attached hydrogens (tertiary/aromatic N) is 2. The van der Waals surface area contributed by atoms with Crippen LogP contribution in [0.4, 0.5) is 0 Å². The molecule has 0 saturated carbocycles. The molecule has 3 aromatic rings. The number of benzene rings is 1. The number of likely N-dealkylation sites (tertiary alicyclic amines) is 1. The van der Waals surface area contributed by atoms with Gasteiger partial charge in [-0.25, -0.2) is 0 Å². The summed E-state index contributed by atoms with van der Waals surface area (Å²) in [6, 6.07) is 12.3. The minimum absolute atomic E-state index is 0.513. The summed E-state index contributed by atoms with van der Waals surface area (Å²) in [6.45, 7) is 2.83. The molecule has 0 amide bonds. The van der Waals surface area contributed by atoms with Crippen LogP contribution in [0, 0.1) is 5.92 Å². The van der Waals surface area contributed by atoms with Crippen molar-refractivity contribution in [2.75, 3.05) is 32.5 Å². The molecule has 4 rings (SSSR count). The summed E-state index contributed by atoms with van der Waals surface area (Å²) in [4.78, 5) is 6.86. The van der Waals surface area contributed by atoms with Gasteiger partial charge < -0.3 is 14.7 Å². The van der Waals surface area contributed by atoms with Crippen molar-refractivity contribution >= 4 is 34.0 Å². The van der Waals surface area contributed by atoms with Crippen LogP contribution in [-0.4, -0.2) is 47.5 Å². The van der Waals surface area contributed by atoms with E-state index in [9.17, 15) is 5.11 Å². The number of hydrogen-bond donors (Lipinski definition) is 1. The van der Waals surface area contributed by atoms with E-state index in [0.29, 0.717) is 6.54 Å². The van der Waals surface area contributed by atoms with Crippen LogP contribution in [-0.2, 0) is 0 Å². The maximum atomic E-state index is 11.0. The molecule has 1 aliphatic heterocycles. The maximum absolute atomic E-state index is 11.0. The van der Waals surface area contributed by atoms with Gasteiger partial charge in [0, 0.05) is 11.9 Å². The fourth-order valence-corrected chi connectivity index (χ4v) is 6.07. The van der Waals surface area contributed by atoms with Gasteiger partial charge in [0.05, 0.1) is 29.1 Å². The number of aliphatic hydroxyl groups is 1. The third kappa shape index (κ3) is 5.55. The summed E-state index contributed by atoms with van der Waals surface area (Å²) >= 11 is 3.82. The standard InChI is InChI=1S/C24H30N2O2S2/c1-28-19-15-21-20(6-2-7-22(21)25-16-19)23(27)17-26-11-9-18(10-12-26)5-3-13-29-24-8-4-14-30-24/h2,4,6-8,14-16,18,23,27H,3,5,9-13,17H2,1H3. The van der Waals surface area contributed by atoms with Crippen molar-refractivity contribution < 1.29 is 9.84 Å². The molecule has 1 unspecified atom stereocenters.